The molecule has 0 spiro atoms. The fraction of sp³-hybridized carbons (Fsp3) is 0.167. The van der Waals surface area contributed by atoms with Crippen LogP contribution in [0.2, 0.25) is 0 Å². The third-order valence-corrected chi connectivity index (χ3v) is 5.66. The van der Waals surface area contributed by atoms with E-state index >= 15 is 0 Å². The van der Waals surface area contributed by atoms with E-state index < -0.39 is 0 Å². The van der Waals surface area contributed by atoms with Gasteiger partial charge in [-0.05, 0) is 46.1 Å². The van der Waals surface area contributed by atoms with E-state index in [2.05, 4.69) is 79.0 Å². The van der Waals surface area contributed by atoms with Gasteiger partial charge in [-0.3, -0.25) is 0 Å². The molecule has 2 aromatic rings. The second-order valence-corrected chi connectivity index (χ2v) is 7.85. The highest BCUT2D eigenvalue weighted by Gasteiger charge is 2.17. The van der Waals surface area contributed by atoms with Crippen molar-refractivity contribution in [3.05, 3.63) is 54.6 Å². The van der Waals surface area contributed by atoms with Crippen molar-refractivity contribution in [1.82, 2.24) is 0 Å². The molecule has 0 aliphatic carbocycles. The number of halogens is 3. The summed E-state index contributed by atoms with van der Waals surface area (Å²) in [6, 6.07) is 10.5. The van der Waals surface area contributed by atoms with Crippen LogP contribution in [0.1, 0.15) is 20.8 Å². The first-order valence-electron chi connectivity index (χ1n) is 4.74. The van der Waals surface area contributed by atoms with Crippen LogP contribution in [0, 0.1) is 6.92 Å². The zero-order valence-electron chi connectivity index (χ0n) is 8.51. The Morgan fingerprint density at radius 2 is 1.81 bits per heavy atom. The molecule has 84 valence electrons. The van der Waals surface area contributed by atoms with Crippen LogP contribution in [0.25, 0.3) is 0 Å². The van der Waals surface area contributed by atoms with Crippen molar-refractivity contribution in [2.24, 2.45) is 0 Å². The Kier molecular flexibility index (Phi) is 4.27. The summed E-state index contributed by atoms with van der Waals surface area (Å²) in [5.74, 6) is 0. The Morgan fingerprint density at radius 1 is 1.12 bits per heavy atom. The lowest BCUT2D eigenvalue weighted by Crippen LogP contribution is -1.93. The molecule has 0 bridgehead atoms. The Labute approximate surface area is 124 Å². The summed E-state index contributed by atoms with van der Waals surface area (Å²) >= 11 is 12.6. The van der Waals surface area contributed by atoms with Gasteiger partial charge in [-0.25, -0.2) is 0 Å². The van der Waals surface area contributed by atoms with Crippen LogP contribution >= 0.6 is 59.1 Å². The highest BCUT2D eigenvalue weighted by molar-refractivity contribution is 9.11. The van der Waals surface area contributed by atoms with E-state index in [-0.39, 0.29) is 4.83 Å². The maximum atomic E-state index is 3.76. The van der Waals surface area contributed by atoms with Gasteiger partial charge in [0.25, 0.3) is 0 Å². The zero-order valence-corrected chi connectivity index (χ0v) is 14.1. The third kappa shape index (κ3) is 2.61. The zero-order chi connectivity index (χ0) is 11.7. The van der Waals surface area contributed by atoms with Gasteiger partial charge in [-0.1, -0.05) is 50.1 Å². The molecule has 0 N–H and O–H groups in total. The van der Waals surface area contributed by atoms with Crippen molar-refractivity contribution in [3.8, 4) is 0 Å². The van der Waals surface area contributed by atoms with Gasteiger partial charge < -0.3 is 0 Å². The molecule has 1 heterocycles. The highest BCUT2D eigenvalue weighted by atomic mass is 79.9. The van der Waals surface area contributed by atoms with Gasteiger partial charge in [0.15, 0.2) is 0 Å². The van der Waals surface area contributed by atoms with Crippen LogP contribution in [-0.4, -0.2) is 0 Å². The Bertz CT molecular complexity index is 505. The van der Waals surface area contributed by atoms with E-state index in [1.165, 1.54) is 19.8 Å². The molecule has 1 aromatic heterocycles. The average Bonchev–Trinajstić information content (AvgIpc) is 2.58. The maximum absolute atomic E-state index is 3.76. The van der Waals surface area contributed by atoms with Crippen LogP contribution < -0.4 is 0 Å². The first-order chi connectivity index (χ1) is 7.59. The fourth-order valence-corrected chi connectivity index (χ4v) is 5.15. The van der Waals surface area contributed by atoms with Gasteiger partial charge in [-0.15, -0.1) is 11.3 Å². The van der Waals surface area contributed by atoms with Crippen LogP contribution in [-0.2, 0) is 0 Å². The number of aryl methyl sites for hydroxylation is 1. The molecule has 0 aliphatic rings. The van der Waals surface area contributed by atoms with Crippen molar-refractivity contribution in [1.29, 1.82) is 0 Å². The number of thiophene rings is 1. The van der Waals surface area contributed by atoms with Gasteiger partial charge in [-0.2, -0.15) is 0 Å². The van der Waals surface area contributed by atoms with Crippen LogP contribution in [0.4, 0.5) is 0 Å². The summed E-state index contributed by atoms with van der Waals surface area (Å²) < 4.78 is 2.31. The van der Waals surface area contributed by atoms with E-state index in [4.69, 9.17) is 0 Å². The first-order valence-corrected chi connectivity index (χ1v) is 8.05. The predicted molar refractivity (Wildman–Crippen MR) is 81.7 cm³/mol. The molecule has 1 aromatic carbocycles. The van der Waals surface area contributed by atoms with E-state index in [1.807, 2.05) is 6.07 Å². The summed E-state index contributed by atoms with van der Waals surface area (Å²) in [4.78, 5) is 1.58. The lowest BCUT2D eigenvalue weighted by molar-refractivity contribution is 1.16. The van der Waals surface area contributed by atoms with E-state index in [1.54, 1.807) is 11.3 Å². The summed E-state index contributed by atoms with van der Waals surface area (Å²) in [6.07, 6.45) is 0. The van der Waals surface area contributed by atoms with E-state index in [0.717, 1.165) is 4.47 Å². The molecule has 1 unspecified atom stereocenters. The minimum Gasteiger partial charge on any atom is -0.133 e. The van der Waals surface area contributed by atoms with E-state index in [0.29, 0.717) is 0 Å². The maximum Gasteiger partial charge on any atom is 0.0704 e. The third-order valence-electron chi connectivity index (χ3n) is 2.38. The highest BCUT2D eigenvalue weighted by Crippen LogP contribution is 2.40. The molecule has 0 saturated carbocycles. The Morgan fingerprint density at radius 3 is 2.38 bits per heavy atom. The fourth-order valence-electron chi connectivity index (χ4n) is 1.56. The van der Waals surface area contributed by atoms with Gasteiger partial charge in [0, 0.05) is 9.35 Å². The molecule has 0 amide bonds. The molecule has 1 atom stereocenters. The van der Waals surface area contributed by atoms with Crippen molar-refractivity contribution >= 4 is 59.1 Å². The van der Waals surface area contributed by atoms with Gasteiger partial charge in [0.1, 0.15) is 0 Å². The molecule has 0 radical (unpaired) electrons. The van der Waals surface area contributed by atoms with Crippen LogP contribution in [0.3, 0.4) is 0 Å². The Balaban J connectivity index is 2.43. The average molecular weight is 425 g/mol. The molecule has 2 rings (SSSR count). The van der Waals surface area contributed by atoms with Crippen LogP contribution in [0.15, 0.2) is 38.6 Å². The second kappa shape index (κ2) is 5.34. The summed E-state index contributed by atoms with van der Waals surface area (Å²) in [5.41, 5.74) is 2.58. The molecular weight excluding hydrogens is 416 g/mol. The van der Waals surface area contributed by atoms with Crippen molar-refractivity contribution in [2.45, 2.75) is 11.8 Å². The number of hydrogen-bond donors (Lipinski definition) is 0. The molecule has 0 nitrogen and oxygen atoms in total. The number of hydrogen-bond acceptors (Lipinski definition) is 1. The minimum atomic E-state index is 0.241. The van der Waals surface area contributed by atoms with Crippen molar-refractivity contribution < 1.29 is 0 Å². The summed E-state index contributed by atoms with van der Waals surface area (Å²) in [7, 11) is 0. The molecule has 0 fully saturated rings. The largest absolute Gasteiger partial charge is 0.133 e. The molecule has 4 heteroatoms. The lowest BCUT2D eigenvalue weighted by atomic mass is 10.1. The van der Waals surface area contributed by atoms with Crippen LogP contribution in [0.5, 0.6) is 0 Å². The number of rotatable bonds is 2. The quantitative estimate of drug-likeness (QED) is 0.513. The van der Waals surface area contributed by atoms with Crippen molar-refractivity contribution in [2.75, 3.05) is 0 Å². The van der Waals surface area contributed by atoms with Gasteiger partial charge in [0.2, 0.25) is 0 Å². The molecular formula is C12H9Br3S. The summed E-state index contributed by atoms with van der Waals surface area (Å²) in [6.45, 7) is 2.15. The SMILES string of the molecule is Cc1sc(Br)cc1C(Br)c1ccccc1Br. The number of alkyl halides is 1. The smallest absolute Gasteiger partial charge is 0.0704 e. The standard InChI is InChI=1S/C12H9Br3S/c1-7-9(6-11(14)16-7)12(15)8-4-2-3-5-10(8)13/h2-6,12H,1H3. The van der Waals surface area contributed by atoms with Gasteiger partial charge >= 0.3 is 0 Å². The predicted octanol–water partition coefficient (Wildman–Crippen LogP) is 6.07. The molecule has 0 saturated heterocycles. The minimum absolute atomic E-state index is 0.241. The normalized spacial score (nSPS) is 12.8. The number of benzene rings is 1. The van der Waals surface area contributed by atoms with Gasteiger partial charge in [0.05, 0.1) is 8.61 Å². The Hall–Kier alpha value is 0.360. The van der Waals surface area contributed by atoms with E-state index in [9.17, 15) is 0 Å². The summed E-state index contributed by atoms with van der Waals surface area (Å²) in [5, 5.41) is 0. The second-order valence-electron chi connectivity index (χ2n) is 3.45. The topological polar surface area (TPSA) is 0 Å². The monoisotopic (exact) mass is 422 g/mol. The lowest BCUT2D eigenvalue weighted by Gasteiger charge is -2.11. The first kappa shape index (κ1) is 12.8. The molecule has 0 aliphatic heterocycles. The molecule has 16 heavy (non-hydrogen) atoms. The van der Waals surface area contributed by atoms with Crippen molar-refractivity contribution in [3.63, 3.8) is 0 Å².